The van der Waals surface area contributed by atoms with Crippen molar-refractivity contribution in [1.82, 2.24) is 0 Å². The van der Waals surface area contributed by atoms with E-state index in [9.17, 15) is 0 Å². The zero-order chi connectivity index (χ0) is 16.4. The third-order valence-electron chi connectivity index (χ3n) is 5.17. The summed E-state index contributed by atoms with van der Waals surface area (Å²) < 4.78 is 2.24. The lowest BCUT2D eigenvalue weighted by Gasteiger charge is -2.05. The highest BCUT2D eigenvalue weighted by Crippen LogP contribution is 2.40. The highest BCUT2D eigenvalue weighted by Gasteiger charge is 2.34. The van der Waals surface area contributed by atoms with Gasteiger partial charge in [0.05, 0.1) is 16.5 Å². The standard InChI is InChI=1S/C23H18N/c1-14-12-15(2)22-16(3)24-11-10-19-18-7-5-4-6-17(18)8-9-20(19)23(24)21(22)13-14/h4-13H,3H2,1-2H3/q+1. The summed E-state index contributed by atoms with van der Waals surface area (Å²) in [5.74, 6) is 0. The van der Waals surface area contributed by atoms with Crippen molar-refractivity contribution in [1.29, 1.82) is 0 Å². The summed E-state index contributed by atoms with van der Waals surface area (Å²) in [7, 11) is 0. The minimum absolute atomic E-state index is 1.08. The summed E-state index contributed by atoms with van der Waals surface area (Å²) in [5.41, 5.74) is 7.52. The van der Waals surface area contributed by atoms with Crippen LogP contribution in [0.3, 0.4) is 0 Å². The minimum atomic E-state index is 1.08. The Labute approximate surface area is 141 Å². The predicted molar refractivity (Wildman–Crippen MR) is 101 cm³/mol. The van der Waals surface area contributed by atoms with Crippen molar-refractivity contribution in [3.05, 3.63) is 84.1 Å². The molecule has 0 fully saturated rings. The molecule has 1 aromatic heterocycles. The van der Waals surface area contributed by atoms with Gasteiger partial charge in [-0.05, 0) is 54.5 Å². The van der Waals surface area contributed by atoms with Crippen LogP contribution in [-0.2, 0) is 0 Å². The van der Waals surface area contributed by atoms with Crippen LogP contribution in [0, 0.1) is 13.8 Å². The van der Waals surface area contributed by atoms with Gasteiger partial charge < -0.3 is 0 Å². The molecule has 0 saturated heterocycles. The molecule has 0 saturated carbocycles. The molecule has 2 heterocycles. The van der Waals surface area contributed by atoms with E-state index in [1.807, 2.05) is 0 Å². The first kappa shape index (κ1) is 13.5. The van der Waals surface area contributed by atoms with Crippen molar-refractivity contribution in [2.75, 3.05) is 0 Å². The molecule has 0 unspecified atom stereocenters. The van der Waals surface area contributed by atoms with Crippen molar-refractivity contribution in [2.24, 2.45) is 0 Å². The highest BCUT2D eigenvalue weighted by molar-refractivity contribution is 6.11. The van der Waals surface area contributed by atoms with Crippen molar-refractivity contribution in [3.8, 4) is 11.3 Å². The molecule has 1 aliphatic rings. The summed E-state index contributed by atoms with van der Waals surface area (Å²) >= 11 is 0. The van der Waals surface area contributed by atoms with Gasteiger partial charge in [-0.3, -0.25) is 0 Å². The molecule has 0 amide bonds. The Morgan fingerprint density at radius 2 is 1.67 bits per heavy atom. The van der Waals surface area contributed by atoms with E-state index in [-0.39, 0.29) is 0 Å². The molecule has 24 heavy (non-hydrogen) atoms. The fourth-order valence-corrected chi connectivity index (χ4v) is 4.19. The Hall–Kier alpha value is -2.93. The number of fused-ring (bicyclic) bond motifs is 7. The van der Waals surface area contributed by atoms with Crippen LogP contribution in [0.15, 0.2) is 67.4 Å². The van der Waals surface area contributed by atoms with E-state index >= 15 is 0 Å². The van der Waals surface area contributed by atoms with Gasteiger partial charge in [0.25, 0.3) is 0 Å². The SMILES string of the molecule is C=C1c2c(C)cc(C)cc2-c2c3ccc4ccccc4c3cc[n+]21. The van der Waals surface area contributed by atoms with Crippen LogP contribution in [0.5, 0.6) is 0 Å². The largest absolute Gasteiger partial charge is 0.227 e. The van der Waals surface area contributed by atoms with Gasteiger partial charge in [-0.1, -0.05) is 36.4 Å². The first-order valence-electron chi connectivity index (χ1n) is 8.32. The first-order valence-corrected chi connectivity index (χ1v) is 8.32. The van der Waals surface area contributed by atoms with Crippen molar-refractivity contribution in [2.45, 2.75) is 13.8 Å². The van der Waals surface area contributed by atoms with Crippen LogP contribution in [0.25, 0.3) is 38.5 Å². The van der Waals surface area contributed by atoms with Gasteiger partial charge in [0.1, 0.15) is 0 Å². The number of nitrogens with zero attached hydrogens (tertiary/aromatic N) is 1. The van der Waals surface area contributed by atoms with E-state index in [2.05, 4.69) is 85.8 Å². The van der Waals surface area contributed by atoms with E-state index in [1.165, 1.54) is 49.5 Å². The maximum atomic E-state index is 4.36. The van der Waals surface area contributed by atoms with Crippen LogP contribution < -0.4 is 4.57 Å². The zero-order valence-corrected chi connectivity index (χ0v) is 13.9. The molecule has 0 bridgehead atoms. The lowest BCUT2D eigenvalue weighted by Crippen LogP contribution is -2.30. The fourth-order valence-electron chi connectivity index (χ4n) is 4.19. The second-order valence-electron chi connectivity index (χ2n) is 6.73. The molecule has 3 aromatic carbocycles. The summed E-state index contributed by atoms with van der Waals surface area (Å²) in [6, 6.07) is 19.8. The third-order valence-corrected chi connectivity index (χ3v) is 5.17. The van der Waals surface area contributed by atoms with Crippen LogP contribution in [-0.4, -0.2) is 0 Å². The van der Waals surface area contributed by atoms with Crippen LogP contribution in [0.1, 0.15) is 16.7 Å². The average Bonchev–Trinajstić information content (AvgIpc) is 2.87. The van der Waals surface area contributed by atoms with Gasteiger partial charge >= 0.3 is 0 Å². The number of aromatic nitrogens is 1. The molecule has 1 nitrogen and oxygen atoms in total. The van der Waals surface area contributed by atoms with Crippen LogP contribution in [0.2, 0.25) is 0 Å². The quantitative estimate of drug-likeness (QED) is 0.266. The Bertz CT molecular complexity index is 1180. The summed E-state index contributed by atoms with van der Waals surface area (Å²) in [5, 5.41) is 5.19. The fraction of sp³-hybridized carbons (Fsp3) is 0.0870. The smallest absolute Gasteiger partial charge is 0.159 e. The van der Waals surface area contributed by atoms with Gasteiger partial charge in [-0.25, -0.2) is 0 Å². The maximum Gasteiger partial charge on any atom is 0.227 e. The lowest BCUT2D eigenvalue weighted by atomic mass is 9.95. The molecule has 0 spiro atoms. The van der Waals surface area contributed by atoms with Crippen molar-refractivity contribution in [3.63, 3.8) is 0 Å². The van der Waals surface area contributed by atoms with E-state index in [4.69, 9.17) is 0 Å². The monoisotopic (exact) mass is 308 g/mol. The summed E-state index contributed by atoms with van der Waals surface area (Å²) in [6.45, 7) is 8.71. The van der Waals surface area contributed by atoms with Gasteiger partial charge in [0.15, 0.2) is 6.20 Å². The Morgan fingerprint density at radius 1 is 0.833 bits per heavy atom. The zero-order valence-electron chi connectivity index (χ0n) is 13.9. The molecule has 1 aliphatic heterocycles. The molecule has 5 rings (SSSR count). The van der Waals surface area contributed by atoms with E-state index in [0.717, 1.165) is 5.70 Å². The molecule has 0 N–H and O–H groups in total. The Kier molecular flexibility index (Phi) is 2.56. The number of aryl methyl sites for hydroxylation is 2. The summed E-state index contributed by atoms with van der Waals surface area (Å²) in [6.07, 6.45) is 2.17. The Balaban J connectivity index is 1.99. The Morgan fingerprint density at radius 3 is 2.54 bits per heavy atom. The van der Waals surface area contributed by atoms with Crippen molar-refractivity contribution < 1.29 is 4.57 Å². The molecule has 114 valence electrons. The minimum Gasteiger partial charge on any atom is -0.159 e. The number of benzene rings is 3. The molecule has 0 radical (unpaired) electrons. The normalized spacial score (nSPS) is 12.7. The molecule has 0 aliphatic carbocycles. The maximum absolute atomic E-state index is 4.36. The molecular weight excluding hydrogens is 290 g/mol. The summed E-state index contributed by atoms with van der Waals surface area (Å²) in [4.78, 5) is 0. The number of pyridine rings is 1. The molecule has 4 aromatic rings. The van der Waals surface area contributed by atoms with E-state index < -0.39 is 0 Å². The van der Waals surface area contributed by atoms with Crippen LogP contribution >= 0.6 is 0 Å². The lowest BCUT2D eigenvalue weighted by molar-refractivity contribution is -0.561. The second kappa shape index (κ2) is 4.55. The highest BCUT2D eigenvalue weighted by atomic mass is 15.0. The molecule has 1 heteroatoms. The number of hydrogen-bond donors (Lipinski definition) is 0. The average molecular weight is 308 g/mol. The topological polar surface area (TPSA) is 3.88 Å². The predicted octanol–water partition coefficient (Wildman–Crippen LogP) is 5.40. The van der Waals surface area contributed by atoms with Gasteiger partial charge in [0.2, 0.25) is 11.4 Å². The van der Waals surface area contributed by atoms with E-state index in [0.29, 0.717) is 0 Å². The van der Waals surface area contributed by atoms with E-state index in [1.54, 1.807) is 0 Å². The molecule has 0 atom stereocenters. The van der Waals surface area contributed by atoms with Gasteiger partial charge in [-0.2, -0.15) is 4.57 Å². The number of hydrogen-bond acceptors (Lipinski definition) is 0. The van der Waals surface area contributed by atoms with Gasteiger partial charge in [0, 0.05) is 11.5 Å². The second-order valence-corrected chi connectivity index (χ2v) is 6.73. The van der Waals surface area contributed by atoms with Crippen molar-refractivity contribution >= 4 is 27.2 Å². The first-order chi connectivity index (χ1) is 11.6. The molecular formula is C23H18N+. The number of rotatable bonds is 0. The van der Waals surface area contributed by atoms with Gasteiger partial charge in [-0.15, -0.1) is 0 Å². The van der Waals surface area contributed by atoms with Crippen LogP contribution in [0.4, 0.5) is 0 Å². The third kappa shape index (κ3) is 1.62.